The normalized spacial score (nSPS) is 10.7. The molecule has 5 aromatic rings. The van der Waals surface area contributed by atoms with Crippen LogP contribution in [0.1, 0.15) is 26.3 Å². The molecule has 0 atom stereocenters. The van der Waals surface area contributed by atoms with Gasteiger partial charge in [0.2, 0.25) is 0 Å². The monoisotopic (exact) mass is 461 g/mol. The zero-order valence-electron chi connectivity index (χ0n) is 18.8. The molecule has 7 nitrogen and oxygen atoms in total. The number of anilines is 3. The van der Waals surface area contributed by atoms with Gasteiger partial charge in [0.15, 0.2) is 0 Å². The van der Waals surface area contributed by atoms with Gasteiger partial charge < -0.3 is 16.4 Å². The predicted octanol–water partition coefficient (Wildman–Crippen LogP) is 5.17. The number of aromatic nitrogens is 2. The number of para-hydroxylation sites is 2. The quantitative estimate of drug-likeness (QED) is 0.304. The van der Waals surface area contributed by atoms with Crippen LogP contribution in [0.2, 0.25) is 0 Å². The smallest absolute Gasteiger partial charge is 0.255 e. The van der Waals surface area contributed by atoms with Crippen molar-refractivity contribution in [2.75, 3.05) is 16.4 Å². The second-order valence-electron chi connectivity index (χ2n) is 8.16. The van der Waals surface area contributed by atoms with E-state index in [1.54, 1.807) is 36.4 Å². The highest BCUT2D eigenvalue weighted by molar-refractivity contribution is 6.06. The number of carbonyl (C=O) groups excluding carboxylic acids is 2. The number of fused-ring (bicyclic) bond motifs is 1. The molecule has 0 spiro atoms. The minimum atomic E-state index is -0.218. The molecule has 1 heterocycles. The SMILES string of the molecule is Nc1ccccc1NC(=O)c1ccc(Cn2cc3cc(NC(=O)c4ccccc4)ccc3n2)cc1. The molecule has 0 aliphatic carbocycles. The van der Waals surface area contributed by atoms with Crippen LogP contribution in [0.15, 0.2) is 103 Å². The van der Waals surface area contributed by atoms with Gasteiger partial charge in [0.25, 0.3) is 11.8 Å². The summed E-state index contributed by atoms with van der Waals surface area (Å²) in [5.74, 6) is -0.374. The topological polar surface area (TPSA) is 102 Å². The lowest BCUT2D eigenvalue weighted by Crippen LogP contribution is -2.13. The number of amides is 2. The second-order valence-corrected chi connectivity index (χ2v) is 8.16. The van der Waals surface area contributed by atoms with Crippen molar-refractivity contribution in [3.63, 3.8) is 0 Å². The van der Waals surface area contributed by atoms with Crippen LogP contribution in [0.3, 0.4) is 0 Å². The first-order valence-corrected chi connectivity index (χ1v) is 11.1. The van der Waals surface area contributed by atoms with Gasteiger partial charge in [-0.15, -0.1) is 0 Å². The van der Waals surface area contributed by atoms with E-state index in [9.17, 15) is 9.59 Å². The molecule has 4 N–H and O–H groups in total. The van der Waals surface area contributed by atoms with Crippen molar-refractivity contribution in [1.82, 2.24) is 9.78 Å². The van der Waals surface area contributed by atoms with Gasteiger partial charge in [0.1, 0.15) is 0 Å². The van der Waals surface area contributed by atoms with Crippen molar-refractivity contribution in [3.8, 4) is 0 Å². The number of carbonyl (C=O) groups is 2. The van der Waals surface area contributed by atoms with Gasteiger partial charge in [0, 0.05) is 28.4 Å². The maximum Gasteiger partial charge on any atom is 0.255 e. The molecule has 1 aromatic heterocycles. The van der Waals surface area contributed by atoms with Crippen LogP contribution >= 0.6 is 0 Å². The third kappa shape index (κ3) is 5.04. The van der Waals surface area contributed by atoms with E-state index in [2.05, 4.69) is 15.7 Å². The lowest BCUT2D eigenvalue weighted by Gasteiger charge is -2.08. The molecule has 0 radical (unpaired) electrons. The third-order valence-corrected chi connectivity index (χ3v) is 5.62. The number of nitrogens with zero attached hydrogens (tertiary/aromatic N) is 2. The van der Waals surface area contributed by atoms with Crippen molar-refractivity contribution in [2.24, 2.45) is 0 Å². The summed E-state index contributed by atoms with van der Waals surface area (Å²) < 4.78 is 1.84. The fourth-order valence-corrected chi connectivity index (χ4v) is 3.78. The fourth-order valence-electron chi connectivity index (χ4n) is 3.78. The van der Waals surface area contributed by atoms with Crippen LogP contribution in [-0.2, 0) is 6.54 Å². The molecule has 7 heteroatoms. The Bertz CT molecular complexity index is 1510. The highest BCUT2D eigenvalue weighted by Crippen LogP contribution is 2.20. The minimum Gasteiger partial charge on any atom is -0.397 e. The molecule has 0 unspecified atom stereocenters. The van der Waals surface area contributed by atoms with Crippen molar-refractivity contribution >= 4 is 39.8 Å². The molecule has 172 valence electrons. The number of nitrogens with one attached hydrogen (secondary N) is 2. The van der Waals surface area contributed by atoms with E-state index in [1.807, 2.05) is 71.5 Å². The molecule has 0 aliphatic rings. The summed E-state index contributed by atoms with van der Waals surface area (Å²) in [6, 6.07) is 29.2. The first-order valence-electron chi connectivity index (χ1n) is 11.1. The summed E-state index contributed by atoms with van der Waals surface area (Å²) in [6.07, 6.45) is 1.94. The molecular weight excluding hydrogens is 438 g/mol. The molecule has 0 bridgehead atoms. The number of benzene rings is 4. The summed E-state index contributed by atoms with van der Waals surface area (Å²) in [5.41, 5.74) is 10.7. The predicted molar refractivity (Wildman–Crippen MR) is 138 cm³/mol. The highest BCUT2D eigenvalue weighted by Gasteiger charge is 2.10. The summed E-state index contributed by atoms with van der Waals surface area (Å²) >= 11 is 0. The first kappa shape index (κ1) is 21.9. The lowest BCUT2D eigenvalue weighted by molar-refractivity contribution is 0.101. The summed E-state index contributed by atoms with van der Waals surface area (Å²) in [5, 5.41) is 11.3. The molecule has 0 saturated carbocycles. The Morgan fingerprint density at radius 1 is 0.771 bits per heavy atom. The summed E-state index contributed by atoms with van der Waals surface area (Å²) in [6.45, 7) is 0.550. The number of nitrogens with two attached hydrogens (primary N) is 1. The van der Waals surface area contributed by atoms with Crippen LogP contribution in [0.4, 0.5) is 17.1 Å². The standard InChI is InChI=1S/C28H23N5O2/c29-24-8-4-5-9-26(24)31-28(35)21-12-10-19(11-13-21)17-33-18-22-16-23(14-15-25(22)32-33)30-27(34)20-6-2-1-3-7-20/h1-16,18H,17,29H2,(H,30,34)(H,31,35). The summed E-state index contributed by atoms with van der Waals surface area (Å²) in [4.78, 5) is 25.0. The Labute approximate surface area is 202 Å². The molecule has 35 heavy (non-hydrogen) atoms. The fraction of sp³-hybridized carbons (Fsp3) is 0.0357. The van der Waals surface area contributed by atoms with Gasteiger partial charge in [-0.2, -0.15) is 5.10 Å². The van der Waals surface area contributed by atoms with Crippen molar-refractivity contribution < 1.29 is 9.59 Å². The first-order chi connectivity index (χ1) is 17.0. The lowest BCUT2D eigenvalue weighted by atomic mass is 10.1. The molecular formula is C28H23N5O2. The average Bonchev–Trinajstić information content (AvgIpc) is 3.28. The maximum absolute atomic E-state index is 12.5. The molecule has 0 aliphatic heterocycles. The van der Waals surface area contributed by atoms with Crippen LogP contribution in [0, 0.1) is 0 Å². The van der Waals surface area contributed by atoms with Gasteiger partial charge in [-0.1, -0.05) is 42.5 Å². The van der Waals surface area contributed by atoms with E-state index in [1.165, 1.54) is 0 Å². The molecule has 2 amide bonds. The number of nitrogen functional groups attached to an aromatic ring is 1. The largest absolute Gasteiger partial charge is 0.397 e. The number of rotatable bonds is 6. The molecule has 5 rings (SSSR count). The van der Waals surface area contributed by atoms with E-state index >= 15 is 0 Å². The highest BCUT2D eigenvalue weighted by atomic mass is 16.2. The Kier molecular flexibility index (Phi) is 5.96. The van der Waals surface area contributed by atoms with Gasteiger partial charge >= 0.3 is 0 Å². The van der Waals surface area contributed by atoms with E-state index < -0.39 is 0 Å². The maximum atomic E-state index is 12.5. The molecule has 4 aromatic carbocycles. The zero-order chi connectivity index (χ0) is 24.2. The second kappa shape index (κ2) is 9.52. The van der Waals surface area contributed by atoms with Gasteiger partial charge in [-0.25, -0.2) is 0 Å². The van der Waals surface area contributed by atoms with Crippen molar-refractivity contribution in [2.45, 2.75) is 6.54 Å². The molecule has 0 saturated heterocycles. The number of hydrogen-bond donors (Lipinski definition) is 3. The van der Waals surface area contributed by atoms with E-state index in [-0.39, 0.29) is 11.8 Å². The van der Waals surface area contributed by atoms with Crippen LogP contribution < -0.4 is 16.4 Å². The van der Waals surface area contributed by atoms with Crippen LogP contribution in [0.5, 0.6) is 0 Å². The Hall–Kier alpha value is -4.91. The van der Waals surface area contributed by atoms with Crippen LogP contribution in [0.25, 0.3) is 10.9 Å². The van der Waals surface area contributed by atoms with Crippen LogP contribution in [-0.4, -0.2) is 21.6 Å². The molecule has 0 fully saturated rings. The van der Waals surface area contributed by atoms with Gasteiger partial charge in [-0.3, -0.25) is 14.3 Å². The van der Waals surface area contributed by atoms with Crippen molar-refractivity contribution in [1.29, 1.82) is 0 Å². The summed E-state index contributed by atoms with van der Waals surface area (Å²) in [7, 11) is 0. The van der Waals surface area contributed by atoms with E-state index in [0.29, 0.717) is 34.7 Å². The van der Waals surface area contributed by atoms with Gasteiger partial charge in [0.05, 0.1) is 23.4 Å². The Morgan fingerprint density at radius 2 is 1.46 bits per heavy atom. The zero-order valence-corrected chi connectivity index (χ0v) is 18.8. The average molecular weight is 462 g/mol. The Balaban J connectivity index is 1.26. The van der Waals surface area contributed by atoms with E-state index in [4.69, 9.17) is 5.73 Å². The Morgan fingerprint density at radius 3 is 2.23 bits per heavy atom. The van der Waals surface area contributed by atoms with Gasteiger partial charge in [-0.05, 0) is 60.2 Å². The number of hydrogen-bond acceptors (Lipinski definition) is 4. The minimum absolute atomic E-state index is 0.156. The van der Waals surface area contributed by atoms with E-state index in [0.717, 1.165) is 16.5 Å². The third-order valence-electron chi connectivity index (χ3n) is 5.62. The van der Waals surface area contributed by atoms with Crippen molar-refractivity contribution in [3.05, 3.63) is 120 Å².